The van der Waals surface area contributed by atoms with E-state index in [0.717, 1.165) is 10.5 Å². The molecule has 5 nitrogen and oxygen atoms in total. The number of nitrogens with one attached hydrogen (secondary N) is 1. The number of hydrogen-bond donors (Lipinski definition) is 2. The van der Waals surface area contributed by atoms with Crippen molar-refractivity contribution >= 4 is 21.8 Å². The fourth-order valence-electron chi connectivity index (χ4n) is 3.06. The fourth-order valence-corrected chi connectivity index (χ4v) is 3.45. The second-order valence-electron chi connectivity index (χ2n) is 6.87. The Bertz CT molecular complexity index is 1180. The van der Waals surface area contributed by atoms with E-state index in [9.17, 15) is 22.8 Å². The Balaban J connectivity index is 1.88. The fraction of sp³-hybridized carbons (Fsp3) is 0.182. The molecule has 0 saturated carbocycles. The minimum absolute atomic E-state index is 0.128. The number of aliphatic hydroxyl groups excluding tert-OH is 1. The zero-order valence-corrected chi connectivity index (χ0v) is 17.9. The van der Waals surface area contributed by atoms with Crippen LogP contribution in [-0.4, -0.2) is 22.2 Å². The molecule has 0 saturated heterocycles. The molecule has 0 fully saturated rings. The van der Waals surface area contributed by atoms with Crippen LogP contribution in [0.2, 0.25) is 0 Å². The van der Waals surface area contributed by atoms with Gasteiger partial charge in [0.1, 0.15) is 12.4 Å². The highest BCUT2D eigenvalue weighted by molar-refractivity contribution is 9.10. The lowest BCUT2D eigenvalue weighted by atomic mass is 10.00. The molecular formula is C22H18BrF3N2O3. The van der Waals surface area contributed by atoms with Gasteiger partial charge in [-0.3, -0.25) is 14.2 Å². The zero-order valence-electron chi connectivity index (χ0n) is 16.3. The number of carbonyl (C=O) groups is 1. The van der Waals surface area contributed by atoms with Crippen LogP contribution >= 0.6 is 15.9 Å². The SMILES string of the molecule is CC(NC(=O)c1ccc(=O)n(-c2cccc(Br)c2)c1)c1cccc(C(F)(F)CO)c1F. The number of hydrogen-bond acceptors (Lipinski definition) is 3. The van der Waals surface area contributed by atoms with Crippen molar-refractivity contribution in [1.82, 2.24) is 9.88 Å². The number of benzene rings is 2. The first-order chi connectivity index (χ1) is 14.6. The van der Waals surface area contributed by atoms with Crippen molar-refractivity contribution in [2.75, 3.05) is 6.61 Å². The van der Waals surface area contributed by atoms with E-state index >= 15 is 0 Å². The molecule has 162 valence electrons. The van der Waals surface area contributed by atoms with Crippen molar-refractivity contribution in [2.45, 2.75) is 18.9 Å². The number of nitrogens with zero attached hydrogens (tertiary/aromatic N) is 1. The lowest BCUT2D eigenvalue weighted by molar-refractivity contribution is -0.0584. The summed E-state index contributed by atoms with van der Waals surface area (Å²) in [5.74, 6) is -5.56. The molecule has 1 atom stereocenters. The van der Waals surface area contributed by atoms with E-state index in [4.69, 9.17) is 5.11 Å². The summed E-state index contributed by atoms with van der Waals surface area (Å²) in [6, 6.07) is 11.9. The average molecular weight is 495 g/mol. The number of halogens is 4. The second kappa shape index (κ2) is 9.07. The van der Waals surface area contributed by atoms with Gasteiger partial charge < -0.3 is 10.4 Å². The smallest absolute Gasteiger partial charge is 0.298 e. The van der Waals surface area contributed by atoms with Gasteiger partial charge in [-0.15, -0.1) is 0 Å². The van der Waals surface area contributed by atoms with Crippen LogP contribution in [0.5, 0.6) is 0 Å². The summed E-state index contributed by atoms with van der Waals surface area (Å²) in [6.45, 7) is -0.0905. The highest BCUT2D eigenvalue weighted by Gasteiger charge is 2.35. The molecule has 1 aromatic heterocycles. The normalized spacial score (nSPS) is 12.5. The molecule has 31 heavy (non-hydrogen) atoms. The Labute approximate surface area is 184 Å². The van der Waals surface area contributed by atoms with Gasteiger partial charge in [-0.25, -0.2) is 4.39 Å². The Morgan fingerprint density at radius 1 is 1.19 bits per heavy atom. The molecule has 2 N–H and O–H groups in total. The summed E-state index contributed by atoms with van der Waals surface area (Å²) in [6.07, 6.45) is 1.35. The molecule has 9 heteroatoms. The highest BCUT2D eigenvalue weighted by atomic mass is 79.9. The van der Waals surface area contributed by atoms with Gasteiger partial charge in [-0.05, 0) is 37.3 Å². The van der Waals surface area contributed by atoms with E-state index in [1.165, 1.54) is 42.0 Å². The van der Waals surface area contributed by atoms with Gasteiger partial charge in [0.15, 0.2) is 0 Å². The molecule has 1 unspecified atom stereocenters. The summed E-state index contributed by atoms with van der Waals surface area (Å²) < 4.78 is 44.2. The number of rotatable bonds is 6. The molecule has 0 spiro atoms. The molecule has 3 rings (SSSR count). The molecule has 1 amide bonds. The average Bonchev–Trinajstić information content (AvgIpc) is 2.73. The molecule has 0 bridgehead atoms. The van der Waals surface area contributed by atoms with Gasteiger partial charge >= 0.3 is 0 Å². The van der Waals surface area contributed by atoms with Crippen LogP contribution in [0.1, 0.15) is 34.5 Å². The van der Waals surface area contributed by atoms with Gasteiger partial charge in [0.25, 0.3) is 17.4 Å². The van der Waals surface area contributed by atoms with Crippen LogP contribution in [0.25, 0.3) is 5.69 Å². The molecule has 0 aliphatic rings. The third-order valence-electron chi connectivity index (χ3n) is 4.69. The first-order valence-corrected chi connectivity index (χ1v) is 10.0. The molecule has 0 radical (unpaired) electrons. The molecule has 0 aliphatic carbocycles. The summed E-state index contributed by atoms with van der Waals surface area (Å²) in [4.78, 5) is 24.9. The van der Waals surface area contributed by atoms with Crippen LogP contribution in [0.15, 0.2) is 70.1 Å². The van der Waals surface area contributed by atoms with Crippen LogP contribution < -0.4 is 10.9 Å². The van der Waals surface area contributed by atoms with Crippen molar-refractivity contribution in [3.05, 3.63) is 98.1 Å². The third-order valence-corrected chi connectivity index (χ3v) is 5.19. The van der Waals surface area contributed by atoms with Crippen LogP contribution in [0.4, 0.5) is 13.2 Å². The van der Waals surface area contributed by atoms with Gasteiger partial charge in [-0.1, -0.05) is 34.1 Å². The van der Waals surface area contributed by atoms with E-state index in [0.29, 0.717) is 5.69 Å². The van der Waals surface area contributed by atoms with Crippen LogP contribution in [-0.2, 0) is 5.92 Å². The minimum atomic E-state index is -3.75. The van der Waals surface area contributed by atoms with Crippen molar-refractivity contribution in [3.8, 4) is 5.69 Å². The van der Waals surface area contributed by atoms with Gasteiger partial charge in [0.05, 0.1) is 17.2 Å². The van der Waals surface area contributed by atoms with Gasteiger partial charge in [0.2, 0.25) is 0 Å². The van der Waals surface area contributed by atoms with Gasteiger partial charge in [0, 0.05) is 28.0 Å². The minimum Gasteiger partial charge on any atom is -0.390 e. The number of carbonyl (C=O) groups excluding carboxylic acids is 1. The summed E-state index contributed by atoms with van der Waals surface area (Å²) in [5.41, 5.74) is -0.792. The summed E-state index contributed by atoms with van der Waals surface area (Å²) >= 11 is 3.32. The predicted molar refractivity (Wildman–Crippen MR) is 113 cm³/mol. The Hall–Kier alpha value is -2.91. The molecule has 0 aliphatic heterocycles. The van der Waals surface area contributed by atoms with Crippen molar-refractivity contribution < 1.29 is 23.1 Å². The van der Waals surface area contributed by atoms with Gasteiger partial charge in [-0.2, -0.15) is 8.78 Å². The number of aliphatic hydroxyl groups is 1. The third kappa shape index (κ3) is 4.88. The largest absolute Gasteiger partial charge is 0.390 e. The number of aromatic nitrogens is 1. The lowest BCUT2D eigenvalue weighted by Crippen LogP contribution is -2.30. The van der Waals surface area contributed by atoms with E-state index in [2.05, 4.69) is 21.2 Å². The molecular weight excluding hydrogens is 477 g/mol. The molecule has 3 aromatic rings. The Morgan fingerprint density at radius 3 is 2.58 bits per heavy atom. The molecule has 2 aromatic carbocycles. The topological polar surface area (TPSA) is 71.3 Å². The van der Waals surface area contributed by atoms with E-state index in [-0.39, 0.29) is 16.7 Å². The second-order valence-corrected chi connectivity index (χ2v) is 7.79. The number of alkyl halides is 2. The maximum Gasteiger partial charge on any atom is 0.298 e. The number of pyridine rings is 1. The van der Waals surface area contributed by atoms with Crippen LogP contribution in [0, 0.1) is 5.82 Å². The van der Waals surface area contributed by atoms with E-state index in [1.54, 1.807) is 24.3 Å². The van der Waals surface area contributed by atoms with Crippen molar-refractivity contribution in [3.63, 3.8) is 0 Å². The van der Waals surface area contributed by atoms with Crippen molar-refractivity contribution in [1.29, 1.82) is 0 Å². The van der Waals surface area contributed by atoms with Crippen molar-refractivity contribution in [2.24, 2.45) is 0 Å². The van der Waals surface area contributed by atoms with E-state index < -0.39 is 35.9 Å². The predicted octanol–water partition coefficient (Wildman–Crippen LogP) is 4.31. The van der Waals surface area contributed by atoms with E-state index in [1.807, 2.05) is 0 Å². The molecule has 1 heterocycles. The maximum atomic E-state index is 14.6. The Morgan fingerprint density at radius 2 is 1.90 bits per heavy atom. The quantitative estimate of drug-likeness (QED) is 0.536. The number of amides is 1. The van der Waals surface area contributed by atoms with Crippen LogP contribution in [0.3, 0.4) is 0 Å². The first-order valence-electron chi connectivity index (χ1n) is 9.21. The highest BCUT2D eigenvalue weighted by Crippen LogP contribution is 2.32. The lowest BCUT2D eigenvalue weighted by Gasteiger charge is -2.20. The standard InChI is InChI=1S/C22H18BrF3N2O3/c1-13(17-6-3-7-18(20(17)24)22(25,26)12-29)27-21(31)14-8-9-19(30)28(11-14)16-5-2-4-15(23)10-16/h2-11,13,29H,12H2,1H3,(H,27,31). The maximum absolute atomic E-state index is 14.6. The monoisotopic (exact) mass is 494 g/mol. The summed E-state index contributed by atoms with van der Waals surface area (Å²) in [7, 11) is 0. The zero-order chi connectivity index (χ0) is 22.8. The first kappa shape index (κ1) is 22.8. The Kier molecular flexibility index (Phi) is 6.66. The summed E-state index contributed by atoms with van der Waals surface area (Å²) in [5, 5.41) is 11.4.